The molecule has 4 amide bonds. The van der Waals surface area contributed by atoms with Gasteiger partial charge in [-0.25, -0.2) is 13.6 Å². The standard InChI is InChI=1S/C26H42F2N4O6/c1-24(2,3)19(31-23(37)38-6)22(36)32-15-26(11-8-7-9-12-26)14-17(32)20(34)30-16(10-13-25(4,27)28)18(33)21(35)29-5/h16-17,19H,7-15H2,1-6H3,(H,29,35)(H,30,34)(H,31,37)/t16-,17-,19+/m0/s1. The second-order valence-electron chi connectivity index (χ2n) is 11.8. The normalized spacial score (nSPS) is 20.8. The van der Waals surface area contributed by atoms with Gasteiger partial charge in [-0.1, -0.05) is 40.0 Å². The molecule has 3 atom stereocenters. The van der Waals surface area contributed by atoms with Crippen LogP contribution in [0.4, 0.5) is 13.6 Å². The van der Waals surface area contributed by atoms with Crippen LogP contribution in [0.5, 0.6) is 0 Å². The highest BCUT2D eigenvalue weighted by Gasteiger charge is 2.51. The molecule has 2 rings (SSSR count). The Hall–Kier alpha value is -2.79. The molecule has 38 heavy (non-hydrogen) atoms. The summed E-state index contributed by atoms with van der Waals surface area (Å²) in [4.78, 5) is 65.6. The van der Waals surface area contributed by atoms with Gasteiger partial charge in [-0.3, -0.25) is 19.2 Å². The Bertz CT molecular complexity index is 908. The fraction of sp³-hybridized carbons (Fsp3) is 0.808. The fourth-order valence-corrected chi connectivity index (χ4v) is 5.39. The molecule has 0 aromatic carbocycles. The van der Waals surface area contributed by atoms with Crippen molar-refractivity contribution < 1.29 is 37.5 Å². The summed E-state index contributed by atoms with van der Waals surface area (Å²) in [7, 11) is 2.42. The van der Waals surface area contributed by atoms with Gasteiger partial charge in [0, 0.05) is 20.0 Å². The average Bonchev–Trinajstić information content (AvgIpc) is 3.21. The zero-order chi connectivity index (χ0) is 28.9. The summed E-state index contributed by atoms with van der Waals surface area (Å²) in [5.41, 5.74) is -1.03. The monoisotopic (exact) mass is 544 g/mol. The summed E-state index contributed by atoms with van der Waals surface area (Å²) in [5, 5.41) is 7.24. The van der Waals surface area contributed by atoms with E-state index in [4.69, 9.17) is 4.74 Å². The van der Waals surface area contributed by atoms with Crippen LogP contribution in [-0.4, -0.2) is 79.2 Å². The van der Waals surface area contributed by atoms with Crippen molar-refractivity contribution in [2.45, 2.75) is 103 Å². The Balaban J connectivity index is 2.39. The van der Waals surface area contributed by atoms with Gasteiger partial charge >= 0.3 is 6.09 Å². The van der Waals surface area contributed by atoms with E-state index in [1.54, 1.807) is 20.8 Å². The largest absolute Gasteiger partial charge is 0.453 e. The van der Waals surface area contributed by atoms with Crippen LogP contribution >= 0.6 is 0 Å². The molecule has 0 unspecified atom stereocenters. The Morgan fingerprint density at radius 2 is 1.63 bits per heavy atom. The molecule has 2 fully saturated rings. The number of amides is 4. The van der Waals surface area contributed by atoms with E-state index in [1.807, 2.05) is 0 Å². The predicted octanol–water partition coefficient (Wildman–Crippen LogP) is 2.54. The summed E-state index contributed by atoms with van der Waals surface area (Å²) in [5.74, 6) is -6.30. The number of rotatable bonds is 9. The third-order valence-electron chi connectivity index (χ3n) is 7.52. The number of likely N-dealkylation sites (N-methyl/N-ethyl adjacent to an activating group) is 1. The average molecular weight is 545 g/mol. The molecule has 1 saturated carbocycles. The summed E-state index contributed by atoms with van der Waals surface area (Å²) in [6.45, 7) is 6.31. The van der Waals surface area contributed by atoms with Crippen LogP contribution in [0, 0.1) is 10.8 Å². The SMILES string of the molecule is CNC(=O)C(=O)[C@H](CCC(C)(F)F)NC(=O)[C@@H]1CC2(CCCCC2)CN1C(=O)[C@@H](NC(=O)OC)C(C)(C)C. The Kier molecular flexibility index (Phi) is 10.2. The highest BCUT2D eigenvalue weighted by molar-refractivity contribution is 6.38. The van der Waals surface area contributed by atoms with E-state index in [0.29, 0.717) is 19.9 Å². The molecule has 216 valence electrons. The van der Waals surface area contributed by atoms with Crippen molar-refractivity contribution in [3.8, 4) is 0 Å². The molecule has 2 aliphatic rings. The molecule has 1 spiro atoms. The zero-order valence-corrected chi connectivity index (χ0v) is 23.2. The first-order valence-corrected chi connectivity index (χ1v) is 13.1. The van der Waals surface area contributed by atoms with Crippen LogP contribution in [0.2, 0.25) is 0 Å². The smallest absolute Gasteiger partial charge is 0.407 e. The first kappa shape index (κ1) is 31.4. The van der Waals surface area contributed by atoms with E-state index >= 15 is 0 Å². The van der Waals surface area contributed by atoms with E-state index in [1.165, 1.54) is 19.1 Å². The first-order valence-electron chi connectivity index (χ1n) is 13.1. The zero-order valence-electron chi connectivity index (χ0n) is 23.2. The number of carbonyl (C=O) groups excluding carboxylic acids is 5. The molecule has 12 heteroatoms. The molecule has 0 bridgehead atoms. The second kappa shape index (κ2) is 12.4. The number of methoxy groups -OCH3 is 1. The summed E-state index contributed by atoms with van der Waals surface area (Å²) in [6, 6.07) is -3.47. The van der Waals surface area contributed by atoms with E-state index in [2.05, 4.69) is 16.0 Å². The van der Waals surface area contributed by atoms with Crippen molar-refractivity contribution in [2.75, 3.05) is 20.7 Å². The number of nitrogens with zero attached hydrogens (tertiary/aromatic N) is 1. The molecular weight excluding hydrogens is 502 g/mol. The second-order valence-corrected chi connectivity index (χ2v) is 11.8. The molecule has 1 aliphatic carbocycles. The summed E-state index contributed by atoms with van der Waals surface area (Å²) in [6.07, 6.45) is 2.96. The van der Waals surface area contributed by atoms with Gasteiger partial charge in [-0.2, -0.15) is 0 Å². The number of ketones is 1. The van der Waals surface area contributed by atoms with Crippen LogP contribution in [0.1, 0.15) is 79.1 Å². The Morgan fingerprint density at radius 3 is 2.13 bits per heavy atom. The molecular formula is C26H42F2N4O6. The molecule has 0 radical (unpaired) electrons. The van der Waals surface area contributed by atoms with Crippen molar-refractivity contribution in [2.24, 2.45) is 10.8 Å². The maximum Gasteiger partial charge on any atom is 0.407 e. The van der Waals surface area contributed by atoms with E-state index in [9.17, 15) is 32.8 Å². The number of ether oxygens (including phenoxy) is 1. The van der Waals surface area contributed by atoms with Crippen molar-refractivity contribution >= 4 is 29.6 Å². The summed E-state index contributed by atoms with van der Waals surface area (Å²) < 4.78 is 31.9. The minimum atomic E-state index is -3.10. The number of Topliss-reactive ketones (excluding diaryl/α,β-unsaturated/α-hetero) is 1. The third kappa shape index (κ3) is 8.10. The van der Waals surface area contributed by atoms with Gasteiger partial charge in [0.1, 0.15) is 12.1 Å². The van der Waals surface area contributed by atoms with Crippen molar-refractivity contribution in [1.29, 1.82) is 0 Å². The van der Waals surface area contributed by atoms with Gasteiger partial charge in [-0.15, -0.1) is 0 Å². The highest BCUT2D eigenvalue weighted by Crippen LogP contribution is 2.47. The van der Waals surface area contributed by atoms with Gasteiger partial charge in [0.2, 0.25) is 23.5 Å². The molecule has 1 saturated heterocycles. The third-order valence-corrected chi connectivity index (χ3v) is 7.52. The molecule has 1 heterocycles. The number of alkyl carbamates (subject to hydrolysis) is 1. The number of likely N-dealkylation sites (tertiary alicyclic amines) is 1. The summed E-state index contributed by atoms with van der Waals surface area (Å²) >= 11 is 0. The van der Waals surface area contributed by atoms with Gasteiger partial charge in [0.25, 0.3) is 5.91 Å². The van der Waals surface area contributed by atoms with E-state index in [0.717, 1.165) is 32.1 Å². The minimum absolute atomic E-state index is 0.292. The Labute approximate surface area is 223 Å². The maximum atomic E-state index is 13.9. The van der Waals surface area contributed by atoms with Crippen LogP contribution in [0.3, 0.4) is 0 Å². The lowest BCUT2D eigenvalue weighted by Crippen LogP contribution is -2.59. The number of hydrogen-bond donors (Lipinski definition) is 3. The van der Waals surface area contributed by atoms with Crippen LogP contribution in [0.15, 0.2) is 0 Å². The lowest BCUT2D eigenvalue weighted by atomic mass is 9.72. The molecule has 1 aliphatic heterocycles. The number of hydrogen-bond acceptors (Lipinski definition) is 6. The number of halogens is 2. The van der Waals surface area contributed by atoms with Gasteiger partial charge in [0.15, 0.2) is 0 Å². The number of alkyl halides is 2. The van der Waals surface area contributed by atoms with Gasteiger partial charge in [-0.05, 0) is 43.4 Å². The van der Waals surface area contributed by atoms with E-state index < -0.39 is 71.9 Å². The van der Waals surface area contributed by atoms with Crippen molar-refractivity contribution in [3.63, 3.8) is 0 Å². The van der Waals surface area contributed by atoms with Crippen LogP contribution in [-0.2, 0) is 23.9 Å². The lowest BCUT2D eigenvalue weighted by Gasteiger charge is -2.36. The van der Waals surface area contributed by atoms with Crippen LogP contribution in [0.25, 0.3) is 0 Å². The lowest BCUT2D eigenvalue weighted by molar-refractivity contribution is -0.144. The Morgan fingerprint density at radius 1 is 1.03 bits per heavy atom. The fourth-order valence-electron chi connectivity index (χ4n) is 5.39. The molecule has 10 nitrogen and oxygen atoms in total. The quantitative estimate of drug-likeness (QED) is 0.382. The molecule has 0 aromatic rings. The van der Waals surface area contributed by atoms with Crippen LogP contribution < -0.4 is 16.0 Å². The predicted molar refractivity (Wildman–Crippen MR) is 135 cm³/mol. The maximum absolute atomic E-state index is 13.9. The topological polar surface area (TPSA) is 134 Å². The van der Waals surface area contributed by atoms with Gasteiger partial charge < -0.3 is 25.6 Å². The van der Waals surface area contributed by atoms with Crippen molar-refractivity contribution in [3.05, 3.63) is 0 Å². The van der Waals surface area contributed by atoms with Gasteiger partial charge in [0.05, 0.1) is 13.2 Å². The number of nitrogens with one attached hydrogen (secondary N) is 3. The highest BCUT2D eigenvalue weighted by atomic mass is 19.3. The van der Waals surface area contributed by atoms with E-state index in [-0.39, 0.29) is 5.41 Å². The minimum Gasteiger partial charge on any atom is -0.453 e. The molecule has 3 N–H and O–H groups in total. The van der Waals surface area contributed by atoms with Crippen molar-refractivity contribution in [1.82, 2.24) is 20.9 Å². The first-order chi connectivity index (χ1) is 17.5. The number of carbonyl (C=O) groups is 5. The molecule has 0 aromatic heterocycles.